The Bertz CT molecular complexity index is 516. The van der Waals surface area contributed by atoms with Gasteiger partial charge in [-0.1, -0.05) is 12.2 Å². The SMILES string of the molecule is C=C[C@@H]1CCNC[C@H]1COc1ccc2c(c1)OCC=C2.[Ar]. The van der Waals surface area contributed by atoms with Crippen LogP contribution in [-0.2, 0) is 0 Å². The van der Waals surface area contributed by atoms with Crippen molar-refractivity contribution < 1.29 is 47.2 Å². The van der Waals surface area contributed by atoms with Crippen LogP contribution in [0.25, 0.3) is 6.08 Å². The molecule has 114 valence electrons. The third kappa shape index (κ3) is 4.26. The average Bonchev–Trinajstić information content (AvgIpc) is 2.53. The number of ether oxygens (including phenoxy) is 2. The largest absolute Gasteiger partial charge is 0.493 e. The molecule has 2 heterocycles. The van der Waals surface area contributed by atoms with E-state index in [4.69, 9.17) is 9.47 Å². The van der Waals surface area contributed by atoms with Crippen molar-refractivity contribution in [1.29, 1.82) is 0 Å². The standard InChI is InChI=1S/C17H21NO2.Ar/c1-2-13-7-8-18-11-15(13)12-20-16-6-5-14-4-3-9-19-17(14)10-16;/h2-6,10,13,15,18H,1,7-9,11-12H2;/t13-,15+;/m1./s1. The van der Waals surface area contributed by atoms with Crippen LogP contribution >= 0.6 is 0 Å². The smallest absolute Gasteiger partial charge is 0.130 e. The van der Waals surface area contributed by atoms with Crippen molar-refractivity contribution in [3.8, 4) is 11.5 Å². The van der Waals surface area contributed by atoms with Gasteiger partial charge in [-0.25, -0.2) is 0 Å². The zero-order chi connectivity index (χ0) is 13.8. The molecular weight excluding hydrogens is 290 g/mol. The van der Waals surface area contributed by atoms with E-state index in [0.29, 0.717) is 18.4 Å². The Labute approximate surface area is 156 Å². The molecule has 0 bridgehead atoms. The van der Waals surface area contributed by atoms with Gasteiger partial charge in [0.15, 0.2) is 0 Å². The molecule has 0 aromatic heterocycles. The predicted molar refractivity (Wildman–Crippen MR) is 81.1 cm³/mol. The fraction of sp³-hybridized carbons (Fsp3) is 0.412. The fourth-order valence-corrected chi connectivity index (χ4v) is 2.82. The summed E-state index contributed by atoms with van der Waals surface area (Å²) in [6.07, 6.45) is 7.32. The minimum Gasteiger partial charge on any atom is -0.493 e. The van der Waals surface area contributed by atoms with Crippen molar-refractivity contribution in [2.24, 2.45) is 11.8 Å². The summed E-state index contributed by atoms with van der Waals surface area (Å²) in [6.45, 7) is 7.37. The molecule has 0 spiro atoms. The molecule has 2 aliphatic rings. The number of fused-ring (bicyclic) bond motifs is 1. The normalized spacial score (nSPS) is 23.4. The Morgan fingerprint density at radius 2 is 2.33 bits per heavy atom. The Kier molecular flexibility index (Phi) is 6.62. The van der Waals surface area contributed by atoms with Gasteiger partial charge in [0.05, 0.1) is 6.61 Å². The van der Waals surface area contributed by atoms with Crippen LogP contribution in [0.5, 0.6) is 11.5 Å². The Balaban J connectivity index is 0.00000161. The zero-order valence-corrected chi connectivity index (χ0v) is 12.7. The van der Waals surface area contributed by atoms with E-state index in [2.05, 4.69) is 24.0 Å². The van der Waals surface area contributed by atoms with Crippen LogP contribution in [0.15, 0.2) is 36.9 Å². The topological polar surface area (TPSA) is 30.5 Å². The second-order valence-corrected chi connectivity index (χ2v) is 5.38. The molecule has 0 radical (unpaired) electrons. The van der Waals surface area contributed by atoms with E-state index >= 15 is 0 Å². The number of piperidine rings is 1. The van der Waals surface area contributed by atoms with Gasteiger partial charge in [0.1, 0.15) is 18.1 Å². The van der Waals surface area contributed by atoms with Gasteiger partial charge >= 0.3 is 0 Å². The third-order valence-electron chi connectivity index (χ3n) is 4.05. The molecule has 21 heavy (non-hydrogen) atoms. The van der Waals surface area contributed by atoms with Crippen molar-refractivity contribution in [2.45, 2.75) is 6.42 Å². The molecule has 3 rings (SSSR count). The molecule has 1 fully saturated rings. The van der Waals surface area contributed by atoms with Gasteiger partial charge in [0.25, 0.3) is 0 Å². The molecule has 1 aromatic carbocycles. The molecular formula is C17H21ArNO2. The summed E-state index contributed by atoms with van der Waals surface area (Å²) in [7, 11) is 0. The second-order valence-electron chi connectivity index (χ2n) is 5.38. The van der Waals surface area contributed by atoms with Crippen molar-refractivity contribution in [3.63, 3.8) is 0 Å². The average molecular weight is 311 g/mol. The maximum Gasteiger partial charge on any atom is 0.130 e. The molecule has 4 heteroatoms. The number of benzene rings is 1. The monoisotopic (exact) mass is 311 g/mol. The van der Waals surface area contributed by atoms with Crippen LogP contribution in [0.4, 0.5) is 0 Å². The molecule has 0 amide bonds. The van der Waals surface area contributed by atoms with Gasteiger partial charge in [-0.05, 0) is 37.1 Å². The first-order chi connectivity index (χ1) is 9.86. The summed E-state index contributed by atoms with van der Waals surface area (Å²) in [5.41, 5.74) is 1.12. The van der Waals surface area contributed by atoms with E-state index in [0.717, 1.165) is 43.2 Å². The molecule has 2 atom stereocenters. The molecule has 0 aliphatic carbocycles. The van der Waals surface area contributed by atoms with Crippen molar-refractivity contribution in [2.75, 3.05) is 26.3 Å². The number of rotatable bonds is 4. The zero-order valence-electron chi connectivity index (χ0n) is 12.0. The van der Waals surface area contributed by atoms with Gasteiger partial charge in [-0.15, -0.1) is 6.58 Å². The third-order valence-corrected chi connectivity index (χ3v) is 4.05. The van der Waals surface area contributed by atoms with Gasteiger partial charge in [0, 0.05) is 61.8 Å². The maximum absolute atomic E-state index is 5.95. The van der Waals surface area contributed by atoms with E-state index in [1.807, 2.05) is 24.3 Å². The fourth-order valence-electron chi connectivity index (χ4n) is 2.82. The van der Waals surface area contributed by atoms with Crippen LogP contribution < -0.4 is 14.8 Å². The molecule has 0 unspecified atom stereocenters. The summed E-state index contributed by atoms with van der Waals surface area (Å²) in [5.74, 6) is 2.84. The van der Waals surface area contributed by atoms with E-state index in [-0.39, 0.29) is 37.7 Å². The Morgan fingerprint density at radius 1 is 1.43 bits per heavy atom. The number of nitrogens with one attached hydrogen (secondary N) is 1. The Morgan fingerprint density at radius 3 is 3.19 bits per heavy atom. The first kappa shape index (κ1) is 16.9. The van der Waals surface area contributed by atoms with Crippen LogP contribution in [0.2, 0.25) is 0 Å². The van der Waals surface area contributed by atoms with E-state index in [1.165, 1.54) is 0 Å². The Hall–Kier alpha value is -0.480. The number of hydrogen-bond acceptors (Lipinski definition) is 3. The van der Waals surface area contributed by atoms with Crippen LogP contribution in [0, 0.1) is 49.6 Å². The minimum absolute atomic E-state index is 0. The quantitative estimate of drug-likeness (QED) is 0.867. The van der Waals surface area contributed by atoms with Crippen molar-refractivity contribution >= 4 is 6.08 Å². The van der Waals surface area contributed by atoms with Crippen molar-refractivity contribution in [3.05, 3.63) is 42.5 Å². The molecule has 3 nitrogen and oxygen atoms in total. The van der Waals surface area contributed by atoms with E-state index < -0.39 is 0 Å². The minimum atomic E-state index is 0. The van der Waals surface area contributed by atoms with E-state index in [1.54, 1.807) is 0 Å². The predicted octanol–water partition coefficient (Wildman–Crippen LogP) is 2.88. The molecule has 1 aromatic rings. The summed E-state index contributed by atoms with van der Waals surface area (Å²) < 4.78 is 11.6. The first-order valence-corrected chi connectivity index (χ1v) is 7.26. The first-order valence-electron chi connectivity index (χ1n) is 7.26. The van der Waals surface area contributed by atoms with Crippen LogP contribution in [0.3, 0.4) is 0 Å². The molecule has 2 aliphatic heterocycles. The molecule has 0 saturated carbocycles. The second kappa shape index (κ2) is 8.23. The van der Waals surface area contributed by atoms with Gasteiger partial charge in [0.2, 0.25) is 0 Å². The van der Waals surface area contributed by atoms with Gasteiger partial charge in [-0.3, -0.25) is 0 Å². The summed E-state index contributed by atoms with van der Waals surface area (Å²) >= 11 is 0. The van der Waals surface area contributed by atoms with Gasteiger partial charge in [-0.2, -0.15) is 0 Å². The number of hydrogen-bond donors (Lipinski definition) is 1. The van der Waals surface area contributed by atoms with Crippen LogP contribution in [0.1, 0.15) is 12.0 Å². The van der Waals surface area contributed by atoms with Gasteiger partial charge < -0.3 is 14.8 Å². The summed E-state index contributed by atoms with van der Waals surface area (Å²) in [6, 6.07) is 6.04. The van der Waals surface area contributed by atoms with Crippen molar-refractivity contribution in [1.82, 2.24) is 5.32 Å². The summed E-state index contributed by atoms with van der Waals surface area (Å²) in [5, 5.41) is 3.42. The van der Waals surface area contributed by atoms with Crippen LogP contribution in [-0.4, -0.2) is 26.3 Å². The van der Waals surface area contributed by atoms with E-state index in [9.17, 15) is 0 Å². The molecule has 1 N–H and O–H groups in total. The summed E-state index contributed by atoms with van der Waals surface area (Å²) in [4.78, 5) is 0. The number of allylic oxidation sites excluding steroid dienone is 1. The maximum atomic E-state index is 5.95. The molecule has 1 saturated heterocycles.